The van der Waals surface area contributed by atoms with Gasteiger partial charge in [0, 0.05) is 22.3 Å². The number of primary amides is 1. The number of rotatable bonds is 7. The second-order valence-electron chi connectivity index (χ2n) is 7.83. The van der Waals surface area contributed by atoms with Gasteiger partial charge >= 0.3 is 0 Å². The van der Waals surface area contributed by atoms with E-state index in [9.17, 15) is 9.18 Å². The summed E-state index contributed by atoms with van der Waals surface area (Å²) < 4.78 is 21.9. The van der Waals surface area contributed by atoms with Gasteiger partial charge in [-0.15, -0.1) is 0 Å². The monoisotopic (exact) mass is 487 g/mol. The number of hydrogen-bond donors (Lipinski definition) is 1. The van der Waals surface area contributed by atoms with Crippen molar-refractivity contribution < 1.29 is 13.9 Å². The highest BCUT2D eigenvalue weighted by Gasteiger charge is 2.15. The Balaban J connectivity index is 1.54. The van der Waals surface area contributed by atoms with Crippen molar-refractivity contribution in [1.82, 2.24) is 19.5 Å². The van der Waals surface area contributed by atoms with E-state index in [0.29, 0.717) is 34.3 Å². The zero-order valence-corrected chi connectivity index (χ0v) is 19.1. The molecule has 0 unspecified atom stereocenters. The van der Waals surface area contributed by atoms with Crippen molar-refractivity contribution in [2.75, 3.05) is 0 Å². The highest BCUT2D eigenvalue weighted by atomic mass is 35.5. The van der Waals surface area contributed by atoms with E-state index in [1.807, 2.05) is 28.8 Å². The van der Waals surface area contributed by atoms with Gasteiger partial charge in [0.1, 0.15) is 30.3 Å². The lowest BCUT2D eigenvalue weighted by Crippen LogP contribution is -2.11. The molecule has 2 N–H and O–H groups in total. The molecule has 5 aromatic rings. The fraction of sp³-hybridized carbons (Fsp3) is 0.0769. The fourth-order valence-electron chi connectivity index (χ4n) is 3.78. The minimum Gasteiger partial charge on any atom is -0.486 e. The van der Waals surface area contributed by atoms with Crippen molar-refractivity contribution in [3.63, 3.8) is 0 Å². The zero-order chi connectivity index (χ0) is 24.4. The molecular weight excluding hydrogens is 469 g/mol. The first-order valence-corrected chi connectivity index (χ1v) is 11.1. The Morgan fingerprint density at radius 2 is 1.89 bits per heavy atom. The molecule has 2 aromatic heterocycles. The van der Waals surface area contributed by atoms with Gasteiger partial charge in [0.05, 0.1) is 23.3 Å². The van der Waals surface area contributed by atoms with Crippen molar-refractivity contribution in [2.45, 2.75) is 13.2 Å². The zero-order valence-electron chi connectivity index (χ0n) is 18.4. The van der Waals surface area contributed by atoms with Gasteiger partial charge in [-0.25, -0.2) is 19.3 Å². The molecule has 0 fully saturated rings. The summed E-state index contributed by atoms with van der Waals surface area (Å²) >= 11 is 6.37. The van der Waals surface area contributed by atoms with Gasteiger partial charge in [-0.3, -0.25) is 4.79 Å². The van der Waals surface area contributed by atoms with Crippen LogP contribution in [0.5, 0.6) is 5.75 Å². The lowest BCUT2D eigenvalue weighted by molar-refractivity contribution is 0.1000. The lowest BCUT2D eigenvalue weighted by Gasteiger charge is -2.12. The highest BCUT2D eigenvalue weighted by Crippen LogP contribution is 2.27. The molecule has 35 heavy (non-hydrogen) atoms. The molecule has 0 saturated heterocycles. The minimum absolute atomic E-state index is 0.139. The second-order valence-corrected chi connectivity index (χ2v) is 8.23. The molecule has 0 aliphatic heterocycles. The molecular formula is C26H19ClFN5O2. The first-order valence-electron chi connectivity index (χ1n) is 10.7. The molecule has 174 valence electrons. The quantitative estimate of drug-likeness (QED) is 0.348. The van der Waals surface area contributed by atoms with Gasteiger partial charge in [0.25, 0.3) is 0 Å². The molecule has 5 rings (SSSR count). The van der Waals surface area contributed by atoms with Gasteiger partial charge in [0.15, 0.2) is 0 Å². The topological polar surface area (TPSA) is 95.9 Å². The van der Waals surface area contributed by atoms with Gasteiger partial charge < -0.3 is 15.0 Å². The number of imidazole rings is 1. The molecule has 1 amide bonds. The normalized spacial score (nSPS) is 11.0. The number of nitrogens with two attached hydrogens (primary N) is 1. The number of ether oxygens (including phenoxy) is 1. The van der Waals surface area contributed by atoms with E-state index in [0.717, 1.165) is 22.3 Å². The molecule has 0 aliphatic rings. The Bertz CT molecular complexity index is 1520. The summed E-state index contributed by atoms with van der Waals surface area (Å²) in [6, 6.07) is 18.4. The first kappa shape index (κ1) is 22.5. The van der Waals surface area contributed by atoms with Crippen LogP contribution in [0.15, 0.2) is 79.3 Å². The van der Waals surface area contributed by atoms with Crippen LogP contribution in [0.2, 0.25) is 5.02 Å². The van der Waals surface area contributed by atoms with Crippen molar-refractivity contribution in [3.05, 3.63) is 107 Å². The van der Waals surface area contributed by atoms with Crippen LogP contribution in [0.4, 0.5) is 4.39 Å². The number of aromatic nitrogens is 4. The van der Waals surface area contributed by atoms with E-state index >= 15 is 0 Å². The number of benzene rings is 3. The smallest absolute Gasteiger partial charge is 0.248 e. The molecule has 0 saturated carbocycles. The van der Waals surface area contributed by atoms with Crippen molar-refractivity contribution in [2.24, 2.45) is 5.73 Å². The average Bonchev–Trinajstić information content (AvgIpc) is 3.22. The van der Waals surface area contributed by atoms with Crippen LogP contribution in [0, 0.1) is 5.82 Å². The summed E-state index contributed by atoms with van der Waals surface area (Å²) in [4.78, 5) is 24.4. The molecule has 9 heteroatoms. The summed E-state index contributed by atoms with van der Waals surface area (Å²) in [5.74, 6) is 0.297. The second kappa shape index (κ2) is 9.52. The van der Waals surface area contributed by atoms with Gasteiger partial charge in [-0.2, -0.15) is 0 Å². The average molecular weight is 488 g/mol. The third-order valence-electron chi connectivity index (χ3n) is 5.55. The van der Waals surface area contributed by atoms with E-state index in [2.05, 4.69) is 9.97 Å². The van der Waals surface area contributed by atoms with Crippen LogP contribution < -0.4 is 10.5 Å². The summed E-state index contributed by atoms with van der Waals surface area (Å²) in [7, 11) is 0. The number of halogens is 2. The van der Waals surface area contributed by atoms with E-state index in [-0.39, 0.29) is 12.4 Å². The van der Waals surface area contributed by atoms with Crippen LogP contribution in [-0.4, -0.2) is 25.4 Å². The van der Waals surface area contributed by atoms with E-state index in [1.54, 1.807) is 30.5 Å². The fourth-order valence-corrected chi connectivity index (χ4v) is 3.96. The maximum absolute atomic E-state index is 14.0. The molecule has 7 nitrogen and oxygen atoms in total. The predicted molar refractivity (Wildman–Crippen MR) is 131 cm³/mol. The molecule has 0 atom stereocenters. The van der Waals surface area contributed by atoms with Crippen LogP contribution >= 0.6 is 11.6 Å². The maximum atomic E-state index is 14.0. The standard InChI is InChI=1S/C26H19ClFN5O2/c27-21-7-4-19(28)11-18(21)13-33-24-12-17(22-9-10-30-15-31-22)3-8-23(24)32-25(33)14-35-20-5-1-16(2-6-20)26(29)34/h1-12,15H,13-14H2,(H2,29,34). The third-order valence-corrected chi connectivity index (χ3v) is 5.92. The number of amides is 1. The summed E-state index contributed by atoms with van der Waals surface area (Å²) in [6.45, 7) is 0.431. The molecule has 0 radical (unpaired) electrons. The predicted octanol–water partition coefficient (Wildman–Crippen LogP) is 5.01. The third kappa shape index (κ3) is 4.83. The van der Waals surface area contributed by atoms with E-state index in [4.69, 9.17) is 27.1 Å². The Hall–Kier alpha value is -4.30. The SMILES string of the molecule is NC(=O)c1ccc(OCc2nc3ccc(-c4ccncn4)cc3n2Cc2cc(F)ccc2Cl)cc1. The van der Waals surface area contributed by atoms with Crippen molar-refractivity contribution >= 4 is 28.5 Å². The lowest BCUT2D eigenvalue weighted by atomic mass is 10.1. The minimum atomic E-state index is -0.509. The number of hydrogen-bond acceptors (Lipinski definition) is 5. The van der Waals surface area contributed by atoms with Crippen LogP contribution in [-0.2, 0) is 13.2 Å². The maximum Gasteiger partial charge on any atom is 0.248 e. The summed E-state index contributed by atoms with van der Waals surface area (Å²) in [5.41, 5.74) is 9.54. The molecule has 3 aromatic carbocycles. The Kier molecular flexibility index (Phi) is 6.12. The van der Waals surface area contributed by atoms with Crippen LogP contribution in [0.1, 0.15) is 21.7 Å². The molecule has 0 spiro atoms. The van der Waals surface area contributed by atoms with E-state index in [1.165, 1.54) is 24.5 Å². The van der Waals surface area contributed by atoms with Crippen molar-refractivity contribution in [1.29, 1.82) is 0 Å². The Morgan fingerprint density at radius 3 is 2.63 bits per heavy atom. The number of nitrogens with zero attached hydrogens (tertiary/aromatic N) is 4. The molecule has 2 heterocycles. The van der Waals surface area contributed by atoms with Gasteiger partial charge in [-0.1, -0.05) is 17.7 Å². The largest absolute Gasteiger partial charge is 0.486 e. The van der Waals surface area contributed by atoms with E-state index < -0.39 is 5.91 Å². The van der Waals surface area contributed by atoms with Crippen LogP contribution in [0.25, 0.3) is 22.3 Å². The summed E-state index contributed by atoms with van der Waals surface area (Å²) in [6.07, 6.45) is 3.17. The first-order chi connectivity index (χ1) is 17.0. The van der Waals surface area contributed by atoms with Crippen LogP contribution in [0.3, 0.4) is 0 Å². The Morgan fingerprint density at radius 1 is 1.06 bits per heavy atom. The Labute approximate surface area is 205 Å². The van der Waals surface area contributed by atoms with Crippen molar-refractivity contribution in [3.8, 4) is 17.0 Å². The van der Waals surface area contributed by atoms with Gasteiger partial charge in [-0.05, 0) is 66.2 Å². The van der Waals surface area contributed by atoms with Gasteiger partial charge in [0.2, 0.25) is 5.91 Å². The molecule has 0 bridgehead atoms. The number of carbonyl (C=O) groups excluding carboxylic acids is 1. The summed E-state index contributed by atoms with van der Waals surface area (Å²) in [5, 5.41) is 0.453. The molecule has 0 aliphatic carbocycles. The highest BCUT2D eigenvalue weighted by molar-refractivity contribution is 6.31. The number of fused-ring (bicyclic) bond motifs is 1. The number of carbonyl (C=O) groups is 1.